The van der Waals surface area contributed by atoms with Crippen LogP contribution in [0.25, 0.3) is 0 Å². The van der Waals surface area contributed by atoms with Crippen LogP contribution in [0.3, 0.4) is 0 Å². The Kier molecular flexibility index (Phi) is 5.87. The van der Waals surface area contributed by atoms with Crippen molar-refractivity contribution >= 4 is 23.6 Å². The highest BCUT2D eigenvalue weighted by molar-refractivity contribution is 7.98. The molecule has 122 valence electrons. The fourth-order valence-corrected chi connectivity index (χ4v) is 2.58. The second-order valence-electron chi connectivity index (χ2n) is 5.01. The van der Waals surface area contributed by atoms with Crippen LogP contribution in [0, 0.1) is 6.92 Å². The van der Waals surface area contributed by atoms with Gasteiger partial charge in [-0.15, -0.1) is 11.8 Å². The third-order valence-corrected chi connectivity index (χ3v) is 4.23. The molecule has 0 aliphatic heterocycles. The summed E-state index contributed by atoms with van der Waals surface area (Å²) in [7, 11) is 1.33. The summed E-state index contributed by atoms with van der Waals surface area (Å²) in [6.45, 7) is 1.79. The number of aryl methyl sites for hydroxylation is 1. The Bertz CT molecular complexity index is 678. The summed E-state index contributed by atoms with van der Waals surface area (Å²) in [6.07, 6.45) is 3.51. The van der Waals surface area contributed by atoms with Crippen LogP contribution < -0.4 is 5.32 Å². The van der Waals surface area contributed by atoms with Gasteiger partial charge in [-0.05, 0) is 36.9 Å². The summed E-state index contributed by atoms with van der Waals surface area (Å²) < 4.78 is 9.92. The Balaban J connectivity index is 2.21. The molecule has 6 heteroatoms. The number of ether oxygens (including phenoxy) is 1. The zero-order chi connectivity index (χ0) is 16.8. The van der Waals surface area contributed by atoms with Crippen LogP contribution >= 0.6 is 11.8 Å². The van der Waals surface area contributed by atoms with Crippen molar-refractivity contribution in [3.63, 3.8) is 0 Å². The van der Waals surface area contributed by atoms with E-state index in [1.165, 1.54) is 13.4 Å². The molecular weight excluding hydrogens is 314 g/mol. The first-order chi connectivity index (χ1) is 11.0. The Morgan fingerprint density at radius 3 is 2.48 bits per heavy atom. The van der Waals surface area contributed by atoms with Gasteiger partial charge in [0.15, 0.2) is 5.76 Å². The first-order valence-corrected chi connectivity index (χ1v) is 8.33. The molecule has 2 aromatic rings. The molecule has 0 fully saturated rings. The maximum atomic E-state index is 12.3. The highest BCUT2D eigenvalue weighted by atomic mass is 32.2. The van der Waals surface area contributed by atoms with Gasteiger partial charge < -0.3 is 14.5 Å². The van der Waals surface area contributed by atoms with Gasteiger partial charge in [0.25, 0.3) is 5.91 Å². The Hall–Kier alpha value is -2.21. The summed E-state index contributed by atoms with van der Waals surface area (Å²) in [6, 6.07) is 8.94. The maximum absolute atomic E-state index is 12.3. The van der Waals surface area contributed by atoms with Gasteiger partial charge in [-0.25, -0.2) is 0 Å². The van der Waals surface area contributed by atoms with E-state index < -0.39 is 6.04 Å². The predicted octanol–water partition coefficient (Wildman–Crippen LogP) is 3.34. The number of hydrogen-bond donors (Lipinski definition) is 1. The molecule has 1 atom stereocenters. The van der Waals surface area contributed by atoms with Crippen LogP contribution in [0.2, 0.25) is 0 Å². The van der Waals surface area contributed by atoms with Crippen LogP contribution in [-0.4, -0.2) is 25.2 Å². The number of carbonyl (C=O) groups is 2. The second kappa shape index (κ2) is 7.87. The number of benzene rings is 1. The van der Waals surface area contributed by atoms with E-state index in [1.54, 1.807) is 24.8 Å². The minimum absolute atomic E-state index is 0.0562. The molecule has 1 aromatic carbocycles. The molecular formula is C17H19NO4S. The number of hydrogen-bond acceptors (Lipinski definition) is 5. The monoisotopic (exact) mass is 333 g/mol. The van der Waals surface area contributed by atoms with Gasteiger partial charge in [0.2, 0.25) is 0 Å². The molecule has 5 nitrogen and oxygen atoms in total. The van der Waals surface area contributed by atoms with Crippen molar-refractivity contribution in [2.75, 3.05) is 13.4 Å². The van der Waals surface area contributed by atoms with E-state index in [2.05, 4.69) is 5.32 Å². The minimum Gasteiger partial charge on any atom is -0.469 e. The fraction of sp³-hybridized carbons (Fsp3) is 0.294. The lowest BCUT2D eigenvalue weighted by Crippen LogP contribution is -2.30. The number of thioether (sulfide) groups is 1. The minimum atomic E-state index is -0.477. The number of rotatable bonds is 6. The van der Waals surface area contributed by atoms with E-state index in [1.807, 2.05) is 30.5 Å². The van der Waals surface area contributed by atoms with Gasteiger partial charge in [0, 0.05) is 10.5 Å². The predicted molar refractivity (Wildman–Crippen MR) is 88.5 cm³/mol. The second-order valence-corrected chi connectivity index (χ2v) is 5.89. The van der Waals surface area contributed by atoms with Crippen LogP contribution in [0.1, 0.15) is 34.1 Å². The summed E-state index contributed by atoms with van der Waals surface area (Å²) in [4.78, 5) is 25.1. The summed E-state index contributed by atoms with van der Waals surface area (Å²) >= 11 is 1.63. The van der Waals surface area contributed by atoms with Crippen molar-refractivity contribution in [2.45, 2.75) is 24.3 Å². The first-order valence-electron chi connectivity index (χ1n) is 7.11. The summed E-state index contributed by atoms with van der Waals surface area (Å²) in [5.41, 5.74) is 1.59. The Morgan fingerprint density at radius 2 is 1.96 bits per heavy atom. The number of carbonyl (C=O) groups excluding carboxylic acids is 2. The van der Waals surface area contributed by atoms with Crippen LogP contribution in [-0.2, 0) is 9.53 Å². The molecule has 2 rings (SSSR count). The SMILES string of the molecule is COC(=O)C[C@@H](NC(=O)c1occc1C)c1ccc(SC)cc1. The molecule has 0 saturated carbocycles. The lowest BCUT2D eigenvalue weighted by molar-refractivity contribution is -0.141. The molecule has 0 aliphatic carbocycles. The topological polar surface area (TPSA) is 68.5 Å². The van der Waals surface area contributed by atoms with Gasteiger partial charge in [-0.1, -0.05) is 12.1 Å². The van der Waals surface area contributed by atoms with E-state index >= 15 is 0 Å². The summed E-state index contributed by atoms with van der Waals surface area (Å²) in [5.74, 6) is -0.489. The third-order valence-electron chi connectivity index (χ3n) is 3.49. The lowest BCUT2D eigenvalue weighted by Gasteiger charge is -2.18. The fourth-order valence-electron chi connectivity index (χ4n) is 2.17. The van der Waals surface area contributed by atoms with E-state index in [0.717, 1.165) is 16.0 Å². The van der Waals surface area contributed by atoms with E-state index in [0.29, 0.717) is 0 Å². The third kappa shape index (κ3) is 4.39. The zero-order valence-electron chi connectivity index (χ0n) is 13.3. The van der Waals surface area contributed by atoms with Crippen molar-refractivity contribution in [3.05, 3.63) is 53.5 Å². The molecule has 0 bridgehead atoms. The zero-order valence-corrected chi connectivity index (χ0v) is 14.1. The molecule has 1 amide bonds. The van der Waals surface area contributed by atoms with Crippen molar-refractivity contribution in [1.29, 1.82) is 0 Å². The van der Waals surface area contributed by atoms with Crippen molar-refractivity contribution in [2.24, 2.45) is 0 Å². The summed E-state index contributed by atoms with van der Waals surface area (Å²) in [5, 5.41) is 2.84. The maximum Gasteiger partial charge on any atom is 0.307 e. The van der Waals surface area contributed by atoms with Crippen LogP contribution in [0.5, 0.6) is 0 Å². The molecule has 1 aromatic heterocycles. The van der Waals surface area contributed by atoms with Crippen LogP contribution in [0.4, 0.5) is 0 Å². The van der Waals surface area contributed by atoms with Gasteiger partial charge in [-0.2, -0.15) is 0 Å². The standard InChI is InChI=1S/C17H19NO4S/c1-11-8-9-22-16(11)17(20)18-14(10-15(19)21-2)12-4-6-13(23-3)7-5-12/h4-9,14H,10H2,1-3H3,(H,18,20)/t14-/m1/s1. The van der Waals surface area contributed by atoms with Gasteiger partial charge in [0.05, 0.1) is 25.8 Å². The van der Waals surface area contributed by atoms with Crippen LogP contribution in [0.15, 0.2) is 45.9 Å². The van der Waals surface area contributed by atoms with Crippen molar-refractivity contribution in [1.82, 2.24) is 5.32 Å². The number of methoxy groups -OCH3 is 1. The Labute approximate surface area is 139 Å². The average Bonchev–Trinajstić information content (AvgIpc) is 3.00. The molecule has 0 radical (unpaired) electrons. The van der Waals surface area contributed by atoms with Crippen molar-refractivity contribution in [3.8, 4) is 0 Å². The number of furan rings is 1. The molecule has 0 unspecified atom stereocenters. The first kappa shape index (κ1) is 17.1. The Morgan fingerprint density at radius 1 is 1.26 bits per heavy atom. The molecule has 1 heterocycles. The normalized spacial score (nSPS) is 11.8. The van der Waals surface area contributed by atoms with Gasteiger partial charge >= 0.3 is 5.97 Å². The molecule has 0 aliphatic rings. The molecule has 23 heavy (non-hydrogen) atoms. The molecule has 0 saturated heterocycles. The molecule has 1 N–H and O–H groups in total. The smallest absolute Gasteiger partial charge is 0.307 e. The van der Waals surface area contributed by atoms with E-state index in [-0.39, 0.29) is 24.1 Å². The number of amides is 1. The number of nitrogens with one attached hydrogen (secondary N) is 1. The number of esters is 1. The lowest BCUT2D eigenvalue weighted by atomic mass is 10.0. The van der Waals surface area contributed by atoms with E-state index in [9.17, 15) is 9.59 Å². The largest absolute Gasteiger partial charge is 0.469 e. The van der Waals surface area contributed by atoms with E-state index in [4.69, 9.17) is 9.15 Å². The quantitative estimate of drug-likeness (QED) is 0.648. The van der Waals surface area contributed by atoms with Gasteiger partial charge in [-0.3, -0.25) is 9.59 Å². The van der Waals surface area contributed by atoms with Gasteiger partial charge in [0.1, 0.15) is 0 Å². The highest BCUT2D eigenvalue weighted by Gasteiger charge is 2.22. The average molecular weight is 333 g/mol. The van der Waals surface area contributed by atoms with Crippen molar-refractivity contribution < 1.29 is 18.7 Å². The molecule has 0 spiro atoms. The highest BCUT2D eigenvalue weighted by Crippen LogP contribution is 2.22.